The highest BCUT2D eigenvalue weighted by molar-refractivity contribution is 6.30. The van der Waals surface area contributed by atoms with Gasteiger partial charge in [0.2, 0.25) is 0 Å². The van der Waals surface area contributed by atoms with Gasteiger partial charge in [-0.15, -0.1) is 0 Å². The lowest BCUT2D eigenvalue weighted by molar-refractivity contribution is -0.137. The fourth-order valence-corrected chi connectivity index (χ4v) is 4.50. The highest BCUT2D eigenvalue weighted by Crippen LogP contribution is 2.33. The molecule has 1 N–H and O–H groups in total. The van der Waals surface area contributed by atoms with Crippen molar-refractivity contribution in [2.75, 3.05) is 6.54 Å². The lowest BCUT2D eigenvalue weighted by atomic mass is 10.0. The number of alkyl halides is 3. The van der Waals surface area contributed by atoms with Crippen molar-refractivity contribution in [3.63, 3.8) is 0 Å². The number of urea groups is 1. The van der Waals surface area contributed by atoms with E-state index in [9.17, 15) is 18.0 Å². The van der Waals surface area contributed by atoms with Gasteiger partial charge in [0.05, 0.1) is 17.6 Å². The number of aromatic nitrogens is 2. The second-order valence-electron chi connectivity index (χ2n) is 8.42. The summed E-state index contributed by atoms with van der Waals surface area (Å²) < 4.78 is 40.7. The number of imidazole rings is 1. The first-order valence-electron chi connectivity index (χ1n) is 11.3. The second kappa shape index (κ2) is 10.1. The van der Waals surface area contributed by atoms with Crippen molar-refractivity contribution in [2.24, 2.45) is 0 Å². The van der Waals surface area contributed by atoms with Crippen LogP contribution in [0, 0.1) is 0 Å². The Balaban J connectivity index is 1.47. The van der Waals surface area contributed by atoms with E-state index in [-0.39, 0.29) is 18.1 Å². The number of hydrogen-bond acceptors (Lipinski definition) is 2. The summed E-state index contributed by atoms with van der Waals surface area (Å²) in [5.74, 6) is 0.810. The van der Waals surface area contributed by atoms with E-state index in [2.05, 4.69) is 10.3 Å². The summed E-state index contributed by atoms with van der Waals surface area (Å²) in [4.78, 5) is 19.5. The van der Waals surface area contributed by atoms with E-state index in [1.165, 1.54) is 12.1 Å². The molecule has 9 heteroatoms. The molecular formula is C25H26ClF3N4O. The molecular weight excluding hydrogens is 465 g/mol. The third kappa shape index (κ3) is 5.38. The normalized spacial score (nSPS) is 17.1. The van der Waals surface area contributed by atoms with Gasteiger partial charge in [-0.05, 0) is 54.7 Å². The maximum absolute atomic E-state index is 13.2. The Morgan fingerprint density at radius 2 is 1.88 bits per heavy atom. The molecule has 1 saturated heterocycles. The molecule has 2 atom stereocenters. The van der Waals surface area contributed by atoms with Crippen LogP contribution < -0.4 is 5.32 Å². The van der Waals surface area contributed by atoms with E-state index in [4.69, 9.17) is 11.6 Å². The number of benzene rings is 2. The van der Waals surface area contributed by atoms with E-state index < -0.39 is 11.7 Å². The molecule has 0 radical (unpaired) electrons. The first-order valence-corrected chi connectivity index (χ1v) is 11.6. The van der Waals surface area contributed by atoms with Gasteiger partial charge in [0, 0.05) is 30.5 Å². The fourth-order valence-electron chi connectivity index (χ4n) is 4.37. The van der Waals surface area contributed by atoms with Gasteiger partial charge in [-0.2, -0.15) is 13.2 Å². The zero-order valence-corrected chi connectivity index (χ0v) is 19.5. The second-order valence-corrected chi connectivity index (χ2v) is 8.86. The number of nitrogens with zero attached hydrogens (tertiary/aromatic N) is 3. The molecule has 4 rings (SSSR count). The largest absolute Gasteiger partial charge is 0.416 e. The first kappa shape index (κ1) is 24.1. The van der Waals surface area contributed by atoms with E-state index >= 15 is 0 Å². The van der Waals surface area contributed by atoms with Crippen molar-refractivity contribution >= 4 is 17.6 Å². The zero-order valence-electron chi connectivity index (χ0n) is 18.7. The van der Waals surface area contributed by atoms with Crippen LogP contribution in [-0.4, -0.2) is 27.0 Å². The van der Waals surface area contributed by atoms with E-state index in [1.807, 2.05) is 42.0 Å². The number of rotatable bonds is 6. The predicted octanol–water partition coefficient (Wildman–Crippen LogP) is 6.60. The van der Waals surface area contributed by atoms with Crippen molar-refractivity contribution in [3.8, 4) is 0 Å². The summed E-state index contributed by atoms with van der Waals surface area (Å²) >= 11 is 5.99. The van der Waals surface area contributed by atoms with Gasteiger partial charge >= 0.3 is 12.2 Å². The minimum absolute atomic E-state index is 0.174. The maximum atomic E-state index is 13.2. The zero-order chi connectivity index (χ0) is 24.3. The standard InChI is InChI=1S/C25H26ClF3N4O/c1-2-21(18-7-9-19(10-8-18)25(27,28)29)31-24(34)33-14-3-4-22(33)23-30-13-15-32(23)16-17-5-11-20(26)12-6-17/h5-13,15,21-22H,2-4,14,16H2,1H3,(H,31,34)/t21?,22-/m1/s1. The number of carbonyl (C=O) groups excluding carboxylic acids is 1. The molecule has 0 bridgehead atoms. The molecule has 2 heterocycles. The molecule has 34 heavy (non-hydrogen) atoms. The fraction of sp³-hybridized carbons (Fsp3) is 0.360. The number of likely N-dealkylation sites (tertiary alicyclic amines) is 1. The molecule has 1 unspecified atom stereocenters. The Hall–Kier alpha value is -3.00. The van der Waals surface area contributed by atoms with Crippen molar-refractivity contribution < 1.29 is 18.0 Å². The van der Waals surface area contributed by atoms with Crippen LogP contribution in [0.3, 0.4) is 0 Å². The monoisotopic (exact) mass is 490 g/mol. The summed E-state index contributed by atoms with van der Waals surface area (Å²) in [6, 6.07) is 11.8. The van der Waals surface area contributed by atoms with Gasteiger partial charge < -0.3 is 14.8 Å². The number of halogens is 4. The van der Waals surface area contributed by atoms with Crippen molar-refractivity contribution in [3.05, 3.63) is 88.5 Å². The van der Waals surface area contributed by atoms with Crippen molar-refractivity contribution in [1.82, 2.24) is 19.8 Å². The third-order valence-electron chi connectivity index (χ3n) is 6.17. The van der Waals surface area contributed by atoms with Gasteiger partial charge in [-0.25, -0.2) is 9.78 Å². The number of hydrogen-bond donors (Lipinski definition) is 1. The molecule has 0 spiro atoms. The van der Waals surface area contributed by atoms with Crippen LogP contribution in [0.1, 0.15) is 60.8 Å². The Bertz CT molecular complexity index is 1110. The number of carbonyl (C=O) groups is 1. The molecule has 1 aromatic heterocycles. The third-order valence-corrected chi connectivity index (χ3v) is 6.42. The van der Waals surface area contributed by atoms with Crippen LogP contribution in [0.5, 0.6) is 0 Å². The number of amides is 2. The van der Waals surface area contributed by atoms with Crippen LogP contribution in [0.15, 0.2) is 60.9 Å². The predicted molar refractivity (Wildman–Crippen MR) is 124 cm³/mol. The number of nitrogens with one attached hydrogen (secondary N) is 1. The minimum Gasteiger partial charge on any atom is -0.331 e. The van der Waals surface area contributed by atoms with E-state index in [0.29, 0.717) is 30.1 Å². The molecule has 1 fully saturated rings. The average molecular weight is 491 g/mol. The van der Waals surface area contributed by atoms with Crippen LogP contribution in [0.4, 0.5) is 18.0 Å². The maximum Gasteiger partial charge on any atom is 0.416 e. The SMILES string of the molecule is CCC(NC(=O)N1CCC[C@@H]1c1nccn1Cc1ccc(Cl)cc1)c1ccc(C(F)(F)F)cc1. The molecule has 0 aliphatic carbocycles. The van der Waals surface area contributed by atoms with Crippen LogP contribution >= 0.6 is 11.6 Å². The minimum atomic E-state index is -4.39. The van der Waals surface area contributed by atoms with Crippen LogP contribution in [0.2, 0.25) is 5.02 Å². The molecule has 2 amide bonds. The molecule has 1 aliphatic heterocycles. The molecule has 180 valence electrons. The summed E-state index contributed by atoms with van der Waals surface area (Å²) in [6.45, 7) is 3.10. The van der Waals surface area contributed by atoms with E-state index in [1.54, 1.807) is 11.1 Å². The van der Waals surface area contributed by atoms with Crippen LogP contribution in [-0.2, 0) is 12.7 Å². The Morgan fingerprint density at radius 1 is 1.18 bits per heavy atom. The summed E-state index contributed by atoms with van der Waals surface area (Å²) in [6.07, 6.45) is 1.44. The molecule has 3 aromatic rings. The van der Waals surface area contributed by atoms with Gasteiger partial charge in [-0.3, -0.25) is 0 Å². The van der Waals surface area contributed by atoms with Gasteiger partial charge in [-0.1, -0.05) is 42.8 Å². The van der Waals surface area contributed by atoms with E-state index in [0.717, 1.165) is 36.4 Å². The summed E-state index contributed by atoms with van der Waals surface area (Å²) in [7, 11) is 0. The van der Waals surface area contributed by atoms with Gasteiger partial charge in [0.1, 0.15) is 5.82 Å². The highest BCUT2D eigenvalue weighted by atomic mass is 35.5. The highest BCUT2D eigenvalue weighted by Gasteiger charge is 2.34. The Morgan fingerprint density at radius 3 is 2.53 bits per heavy atom. The topological polar surface area (TPSA) is 50.2 Å². The van der Waals surface area contributed by atoms with Crippen LogP contribution in [0.25, 0.3) is 0 Å². The van der Waals surface area contributed by atoms with Gasteiger partial charge in [0.25, 0.3) is 0 Å². The lowest BCUT2D eigenvalue weighted by Gasteiger charge is -2.28. The quantitative estimate of drug-likeness (QED) is 0.423. The average Bonchev–Trinajstić information content (AvgIpc) is 3.47. The molecule has 0 saturated carbocycles. The molecule has 5 nitrogen and oxygen atoms in total. The Labute approximate surface area is 201 Å². The summed E-state index contributed by atoms with van der Waals surface area (Å²) in [5.41, 5.74) is 1.01. The Kier molecular flexibility index (Phi) is 7.16. The molecule has 2 aromatic carbocycles. The van der Waals surface area contributed by atoms with Crippen molar-refractivity contribution in [1.29, 1.82) is 0 Å². The smallest absolute Gasteiger partial charge is 0.331 e. The van der Waals surface area contributed by atoms with Gasteiger partial charge in [0.15, 0.2) is 0 Å². The summed E-state index contributed by atoms with van der Waals surface area (Å²) in [5, 5.41) is 3.68. The van der Waals surface area contributed by atoms with Crippen molar-refractivity contribution in [2.45, 2.75) is 51.0 Å². The molecule has 1 aliphatic rings. The lowest BCUT2D eigenvalue weighted by Crippen LogP contribution is -2.41. The first-order chi connectivity index (χ1) is 16.3.